The summed E-state index contributed by atoms with van der Waals surface area (Å²) in [5.41, 5.74) is 0.585. The molecule has 1 rings (SSSR count). The van der Waals surface area contributed by atoms with Gasteiger partial charge in [0.15, 0.2) is 5.75 Å². The first-order valence-corrected chi connectivity index (χ1v) is 12.0. The van der Waals surface area contributed by atoms with Crippen LogP contribution in [0.4, 0.5) is 10.5 Å². The normalized spacial score (nSPS) is 10.2. The van der Waals surface area contributed by atoms with Crippen LogP contribution in [-0.2, 0) is 9.59 Å². The van der Waals surface area contributed by atoms with Crippen molar-refractivity contribution in [3.63, 3.8) is 0 Å². The number of nitrogens with zero attached hydrogens (tertiary/aromatic N) is 4. The minimum atomic E-state index is -1.26. The van der Waals surface area contributed by atoms with Crippen LogP contribution in [0.25, 0.3) is 0 Å². The average molecular weight is 511 g/mol. The largest absolute Gasteiger partial charge is 0.504 e. The highest BCUT2D eigenvalue weighted by Crippen LogP contribution is 2.23. The molecule has 0 atom stereocenters. The quantitative estimate of drug-likeness (QED) is 0.118. The molecule has 204 valence electrons. The van der Waals surface area contributed by atoms with E-state index in [-0.39, 0.29) is 5.75 Å². The van der Waals surface area contributed by atoms with Crippen LogP contribution in [0.5, 0.6) is 5.75 Å². The maximum atomic E-state index is 9.72. The number of aromatic hydroxyl groups is 1. The Morgan fingerprint density at radius 3 is 1.72 bits per heavy atom. The molecule has 1 amide bonds. The van der Waals surface area contributed by atoms with Crippen LogP contribution >= 0.6 is 0 Å². The topological polar surface area (TPSA) is 164 Å². The van der Waals surface area contributed by atoms with Gasteiger partial charge in [-0.3, -0.25) is 4.98 Å². The number of aliphatic carboxylic acids is 2. The Kier molecular flexibility index (Phi) is 22.2. The van der Waals surface area contributed by atoms with Gasteiger partial charge < -0.3 is 30.2 Å². The molecular weight excluding hydrogens is 468 g/mol. The zero-order chi connectivity index (χ0) is 27.8. The standard InChI is InChI=1S/C18H31N3O.C4H4O4.C3H7NO2/c1-3-5-7-9-13-21(14-10-8-6-4-2)16-20-17-11-12-19-15-18(17)22;5-3(6)1-2-4(7)8;1-4(2)3(5)6/h11-12,15-16,22H,3-10,13-14H2,1-2H3;1-2H,(H,5,6)(H,7,8);1-2H3,(H,5,6)/b;2-1-;. The summed E-state index contributed by atoms with van der Waals surface area (Å²) in [6.45, 7) is 6.55. The van der Waals surface area contributed by atoms with E-state index in [0.717, 1.165) is 18.0 Å². The SMILES string of the molecule is CCCCCCN(C=Nc1ccncc1O)CCCCCC.CN(C)C(=O)O.O=C(O)/C=C\C(=O)O. The lowest BCUT2D eigenvalue weighted by Crippen LogP contribution is -2.24. The van der Waals surface area contributed by atoms with Crippen molar-refractivity contribution in [2.75, 3.05) is 27.2 Å². The van der Waals surface area contributed by atoms with E-state index in [0.29, 0.717) is 17.8 Å². The first kappa shape index (κ1) is 34.5. The molecule has 0 unspecified atom stereocenters. The summed E-state index contributed by atoms with van der Waals surface area (Å²) in [5, 5.41) is 33.3. The van der Waals surface area contributed by atoms with Crippen molar-refractivity contribution in [1.29, 1.82) is 0 Å². The number of aromatic nitrogens is 1. The van der Waals surface area contributed by atoms with Crippen molar-refractivity contribution >= 4 is 30.1 Å². The van der Waals surface area contributed by atoms with E-state index in [1.54, 1.807) is 12.3 Å². The van der Waals surface area contributed by atoms with Gasteiger partial charge in [-0.2, -0.15) is 0 Å². The van der Waals surface area contributed by atoms with Gasteiger partial charge in [0.05, 0.1) is 12.5 Å². The van der Waals surface area contributed by atoms with Crippen molar-refractivity contribution in [2.45, 2.75) is 65.2 Å². The first-order valence-electron chi connectivity index (χ1n) is 12.0. The fraction of sp³-hybridized carbons (Fsp3) is 0.560. The van der Waals surface area contributed by atoms with E-state index >= 15 is 0 Å². The van der Waals surface area contributed by atoms with Crippen molar-refractivity contribution in [3.8, 4) is 5.75 Å². The third-order valence-corrected chi connectivity index (χ3v) is 4.49. The van der Waals surface area contributed by atoms with Gasteiger partial charge in [0.1, 0.15) is 5.69 Å². The molecule has 11 nitrogen and oxygen atoms in total. The van der Waals surface area contributed by atoms with E-state index < -0.39 is 18.0 Å². The van der Waals surface area contributed by atoms with Gasteiger partial charge in [0, 0.05) is 45.5 Å². The molecule has 0 fully saturated rings. The molecule has 0 bridgehead atoms. The highest BCUT2D eigenvalue weighted by molar-refractivity contribution is 5.89. The van der Waals surface area contributed by atoms with Crippen LogP contribution in [0, 0.1) is 0 Å². The third kappa shape index (κ3) is 23.5. The summed E-state index contributed by atoms with van der Waals surface area (Å²) in [7, 11) is 2.95. The summed E-state index contributed by atoms with van der Waals surface area (Å²) in [6.07, 6.45) is 15.2. The molecule has 0 aliphatic carbocycles. The summed E-state index contributed by atoms with van der Waals surface area (Å²) in [4.78, 5) is 40.4. The summed E-state index contributed by atoms with van der Waals surface area (Å²) in [6, 6.07) is 1.73. The lowest BCUT2D eigenvalue weighted by Gasteiger charge is -2.19. The average Bonchev–Trinajstić information content (AvgIpc) is 2.82. The Morgan fingerprint density at radius 2 is 1.36 bits per heavy atom. The molecule has 0 spiro atoms. The number of carboxylic acid groups (broad SMARTS) is 3. The minimum absolute atomic E-state index is 0.135. The van der Waals surface area contributed by atoms with Crippen molar-refractivity contribution < 1.29 is 34.8 Å². The number of unbranched alkanes of at least 4 members (excludes halogenated alkanes) is 6. The highest BCUT2D eigenvalue weighted by Gasteiger charge is 2.02. The Balaban J connectivity index is 0. The van der Waals surface area contributed by atoms with Crippen LogP contribution in [0.3, 0.4) is 0 Å². The van der Waals surface area contributed by atoms with Crippen molar-refractivity contribution in [3.05, 3.63) is 30.6 Å². The molecule has 4 N–H and O–H groups in total. The van der Waals surface area contributed by atoms with Gasteiger partial charge in [-0.1, -0.05) is 52.4 Å². The molecule has 1 aromatic heterocycles. The first-order chi connectivity index (χ1) is 17.0. The molecular formula is C25H42N4O7. The fourth-order valence-electron chi connectivity index (χ4n) is 2.48. The number of aliphatic imine (C=N–C) groups is 1. The van der Waals surface area contributed by atoms with E-state index in [2.05, 4.69) is 28.7 Å². The van der Waals surface area contributed by atoms with Crippen LogP contribution in [0.2, 0.25) is 0 Å². The Labute approximate surface area is 213 Å². The van der Waals surface area contributed by atoms with Crippen LogP contribution in [0.1, 0.15) is 65.2 Å². The fourth-order valence-corrected chi connectivity index (χ4v) is 2.48. The Bertz CT molecular complexity index is 770. The minimum Gasteiger partial charge on any atom is -0.504 e. The number of hydrogen-bond donors (Lipinski definition) is 4. The Hall–Kier alpha value is -3.63. The number of carbonyl (C=O) groups is 3. The van der Waals surface area contributed by atoms with Gasteiger partial charge in [-0.25, -0.2) is 19.4 Å². The second-order valence-corrected chi connectivity index (χ2v) is 7.95. The predicted octanol–water partition coefficient (Wildman–Crippen LogP) is 4.85. The number of amides is 1. The number of pyridine rings is 1. The zero-order valence-electron chi connectivity index (χ0n) is 21.8. The lowest BCUT2D eigenvalue weighted by molar-refractivity contribution is -0.134. The smallest absolute Gasteiger partial charge is 0.406 e. The summed E-state index contributed by atoms with van der Waals surface area (Å²) < 4.78 is 0. The molecule has 0 aromatic carbocycles. The van der Waals surface area contributed by atoms with Gasteiger partial charge >= 0.3 is 18.0 Å². The molecule has 11 heteroatoms. The second kappa shape index (κ2) is 23.1. The van der Waals surface area contributed by atoms with Gasteiger partial charge in [0.2, 0.25) is 0 Å². The second-order valence-electron chi connectivity index (χ2n) is 7.95. The lowest BCUT2D eigenvalue weighted by atomic mass is 10.2. The maximum absolute atomic E-state index is 9.72. The molecule has 1 aromatic rings. The number of rotatable bonds is 14. The third-order valence-electron chi connectivity index (χ3n) is 4.49. The van der Waals surface area contributed by atoms with Gasteiger partial charge in [-0.05, 0) is 18.9 Å². The van der Waals surface area contributed by atoms with Crippen LogP contribution in [-0.4, -0.2) is 86.8 Å². The highest BCUT2D eigenvalue weighted by atomic mass is 16.4. The van der Waals surface area contributed by atoms with Gasteiger partial charge in [-0.15, -0.1) is 0 Å². The summed E-state index contributed by atoms with van der Waals surface area (Å²) >= 11 is 0. The molecule has 0 radical (unpaired) electrons. The van der Waals surface area contributed by atoms with Crippen LogP contribution in [0.15, 0.2) is 35.6 Å². The molecule has 1 heterocycles. The van der Waals surface area contributed by atoms with E-state index in [4.69, 9.17) is 15.3 Å². The van der Waals surface area contributed by atoms with Crippen molar-refractivity contribution in [2.24, 2.45) is 4.99 Å². The van der Waals surface area contributed by atoms with E-state index in [9.17, 15) is 19.5 Å². The van der Waals surface area contributed by atoms with Crippen molar-refractivity contribution in [1.82, 2.24) is 14.8 Å². The van der Waals surface area contributed by atoms with Gasteiger partial charge in [0.25, 0.3) is 0 Å². The van der Waals surface area contributed by atoms with E-state index in [1.165, 1.54) is 71.7 Å². The maximum Gasteiger partial charge on any atom is 0.406 e. The molecule has 0 saturated carbocycles. The predicted molar refractivity (Wildman–Crippen MR) is 140 cm³/mol. The number of hydrogen-bond acceptors (Lipinski definition) is 6. The monoisotopic (exact) mass is 510 g/mol. The Morgan fingerprint density at radius 1 is 0.889 bits per heavy atom. The molecule has 36 heavy (non-hydrogen) atoms. The molecule has 0 saturated heterocycles. The zero-order valence-corrected chi connectivity index (χ0v) is 21.8. The summed E-state index contributed by atoms with van der Waals surface area (Å²) in [5.74, 6) is -2.38. The molecule has 0 aliphatic heterocycles. The number of carboxylic acids is 2. The van der Waals surface area contributed by atoms with Crippen LogP contribution < -0.4 is 0 Å². The molecule has 0 aliphatic rings. The van der Waals surface area contributed by atoms with E-state index in [1.807, 2.05) is 6.34 Å².